The fourth-order valence-corrected chi connectivity index (χ4v) is 1.53. The second kappa shape index (κ2) is 4.01. The number of hydrogen-bond acceptors (Lipinski definition) is 2. The van der Waals surface area contributed by atoms with Crippen LogP contribution in [0.3, 0.4) is 0 Å². The Morgan fingerprint density at radius 3 is 2.91 bits per heavy atom. The van der Waals surface area contributed by atoms with E-state index in [1.165, 1.54) is 11.1 Å². The number of nitrogens with one attached hydrogen (secondary N) is 1. The normalized spacial score (nSPS) is 10.1. The van der Waals surface area contributed by atoms with Crippen LogP contribution >= 0.6 is 22.6 Å². The second-order valence-corrected chi connectivity index (χ2v) is 3.57. The summed E-state index contributed by atoms with van der Waals surface area (Å²) in [6.07, 6.45) is 1.92. The highest BCUT2D eigenvalue weighted by molar-refractivity contribution is 14.1. The van der Waals surface area contributed by atoms with Gasteiger partial charge in [0.25, 0.3) is 0 Å². The van der Waals surface area contributed by atoms with Crippen molar-refractivity contribution in [2.24, 2.45) is 0 Å². The van der Waals surface area contributed by atoms with Crippen molar-refractivity contribution in [3.8, 4) is 0 Å². The largest absolute Gasteiger partial charge is 0.316 e. The maximum atomic E-state index is 4.21. The van der Waals surface area contributed by atoms with Crippen molar-refractivity contribution in [3.63, 3.8) is 0 Å². The third-order valence-corrected chi connectivity index (χ3v) is 2.14. The molecule has 1 aromatic heterocycles. The van der Waals surface area contributed by atoms with Gasteiger partial charge in [0, 0.05) is 12.7 Å². The Labute approximate surface area is 80.6 Å². The van der Waals surface area contributed by atoms with Gasteiger partial charge >= 0.3 is 0 Å². The predicted molar refractivity (Wildman–Crippen MR) is 54.5 cm³/mol. The molecule has 0 aliphatic heterocycles. The topological polar surface area (TPSA) is 24.9 Å². The summed E-state index contributed by atoms with van der Waals surface area (Å²) in [4.78, 5) is 4.21. The molecule has 2 nitrogen and oxygen atoms in total. The van der Waals surface area contributed by atoms with Gasteiger partial charge in [0.15, 0.2) is 0 Å². The first-order chi connectivity index (χ1) is 5.24. The summed E-state index contributed by atoms with van der Waals surface area (Å²) in [6, 6.07) is 2.09. The third-order valence-electron chi connectivity index (χ3n) is 1.55. The van der Waals surface area contributed by atoms with E-state index >= 15 is 0 Å². The average molecular weight is 262 g/mol. The number of rotatable bonds is 2. The molecule has 1 heterocycles. The number of hydrogen-bond donors (Lipinski definition) is 1. The Morgan fingerprint density at radius 2 is 2.36 bits per heavy atom. The number of halogens is 1. The maximum Gasteiger partial charge on any atom is 0.101 e. The average Bonchev–Trinajstić information content (AvgIpc) is 1.95. The Hall–Kier alpha value is -0.160. The van der Waals surface area contributed by atoms with E-state index in [-0.39, 0.29) is 0 Å². The molecule has 0 saturated carbocycles. The van der Waals surface area contributed by atoms with Crippen LogP contribution in [-0.4, -0.2) is 12.0 Å². The lowest BCUT2D eigenvalue weighted by Gasteiger charge is -2.03. The molecule has 1 rings (SSSR count). The fraction of sp³-hybridized carbons (Fsp3) is 0.375. The van der Waals surface area contributed by atoms with Gasteiger partial charge in [0.1, 0.15) is 3.70 Å². The highest BCUT2D eigenvalue weighted by atomic mass is 127. The van der Waals surface area contributed by atoms with E-state index < -0.39 is 0 Å². The molecule has 0 aliphatic rings. The smallest absolute Gasteiger partial charge is 0.101 e. The SMILES string of the molecule is CNCc1cnc(I)cc1C. The Bertz CT molecular complexity index is 248. The number of aromatic nitrogens is 1. The molecule has 0 spiro atoms. The van der Waals surface area contributed by atoms with Gasteiger partial charge in [-0.15, -0.1) is 0 Å². The summed E-state index contributed by atoms with van der Waals surface area (Å²) in [5.41, 5.74) is 2.58. The van der Waals surface area contributed by atoms with Gasteiger partial charge < -0.3 is 5.32 Å². The van der Waals surface area contributed by atoms with E-state index in [1.54, 1.807) is 0 Å². The molecule has 60 valence electrons. The van der Waals surface area contributed by atoms with Crippen molar-refractivity contribution >= 4 is 22.6 Å². The quantitative estimate of drug-likeness (QED) is 0.648. The molecule has 3 heteroatoms. The van der Waals surface area contributed by atoms with Crippen molar-refractivity contribution in [2.75, 3.05) is 7.05 Å². The molecular weight excluding hydrogens is 251 g/mol. The molecule has 1 aromatic rings. The van der Waals surface area contributed by atoms with Crippen LogP contribution in [0, 0.1) is 10.6 Å². The standard InChI is InChI=1S/C8H11IN2/c1-6-3-8(9)11-5-7(6)4-10-2/h3,5,10H,4H2,1-2H3. The lowest BCUT2D eigenvalue weighted by molar-refractivity contribution is 0.806. The summed E-state index contributed by atoms with van der Waals surface area (Å²) >= 11 is 2.22. The van der Waals surface area contributed by atoms with E-state index in [9.17, 15) is 0 Å². The molecule has 0 unspecified atom stereocenters. The van der Waals surface area contributed by atoms with Crippen molar-refractivity contribution in [1.82, 2.24) is 10.3 Å². The van der Waals surface area contributed by atoms with Crippen LogP contribution in [0.5, 0.6) is 0 Å². The van der Waals surface area contributed by atoms with Crippen molar-refractivity contribution in [1.29, 1.82) is 0 Å². The monoisotopic (exact) mass is 262 g/mol. The van der Waals surface area contributed by atoms with Gasteiger partial charge in [-0.05, 0) is 53.8 Å². The zero-order valence-corrected chi connectivity index (χ0v) is 8.84. The van der Waals surface area contributed by atoms with Crippen LogP contribution in [-0.2, 0) is 6.54 Å². The first-order valence-corrected chi connectivity index (χ1v) is 4.57. The van der Waals surface area contributed by atoms with E-state index in [0.29, 0.717) is 0 Å². The molecule has 0 atom stereocenters. The molecule has 0 amide bonds. The highest BCUT2D eigenvalue weighted by Crippen LogP contribution is 2.09. The maximum absolute atomic E-state index is 4.21. The number of aryl methyl sites for hydroxylation is 1. The van der Waals surface area contributed by atoms with Crippen molar-refractivity contribution < 1.29 is 0 Å². The van der Waals surface area contributed by atoms with Crippen LogP contribution < -0.4 is 5.32 Å². The summed E-state index contributed by atoms with van der Waals surface area (Å²) in [6.45, 7) is 3.01. The molecule has 0 aromatic carbocycles. The molecule has 0 bridgehead atoms. The minimum atomic E-state index is 0.899. The van der Waals surface area contributed by atoms with Gasteiger partial charge in [-0.3, -0.25) is 0 Å². The van der Waals surface area contributed by atoms with Crippen LogP contribution in [0.15, 0.2) is 12.3 Å². The molecular formula is C8H11IN2. The predicted octanol–water partition coefficient (Wildman–Crippen LogP) is 1.71. The van der Waals surface area contributed by atoms with Gasteiger partial charge in [0.2, 0.25) is 0 Å². The summed E-state index contributed by atoms with van der Waals surface area (Å²) in [5, 5.41) is 3.10. The molecule has 11 heavy (non-hydrogen) atoms. The van der Waals surface area contributed by atoms with Gasteiger partial charge in [-0.25, -0.2) is 4.98 Å². The fourth-order valence-electron chi connectivity index (χ4n) is 0.926. The third kappa shape index (κ3) is 2.41. The number of pyridine rings is 1. The van der Waals surface area contributed by atoms with E-state index in [2.05, 4.69) is 45.9 Å². The van der Waals surface area contributed by atoms with E-state index in [1.807, 2.05) is 13.2 Å². The lowest BCUT2D eigenvalue weighted by Crippen LogP contribution is -2.07. The Kier molecular flexibility index (Phi) is 3.26. The van der Waals surface area contributed by atoms with Gasteiger partial charge in [-0.2, -0.15) is 0 Å². The lowest BCUT2D eigenvalue weighted by atomic mass is 10.2. The first kappa shape index (κ1) is 8.93. The van der Waals surface area contributed by atoms with Crippen LogP contribution in [0.2, 0.25) is 0 Å². The van der Waals surface area contributed by atoms with Crippen LogP contribution in [0.25, 0.3) is 0 Å². The number of nitrogens with zero attached hydrogens (tertiary/aromatic N) is 1. The first-order valence-electron chi connectivity index (χ1n) is 3.49. The van der Waals surface area contributed by atoms with Crippen molar-refractivity contribution in [2.45, 2.75) is 13.5 Å². The molecule has 1 N–H and O–H groups in total. The summed E-state index contributed by atoms with van der Waals surface area (Å²) in [5.74, 6) is 0. The molecule has 0 fully saturated rings. The molecule has 0 radical (unpaired) electrons. The minimum absolute atomic E-state index is 0.899. The van der Waals surface area contributed by atoms with E-state index in [4.69, 9.17) is 0 Å². The van der Waals surface area contributed by atoms with Gasteiger partial charge in [-0.1, -0.05) is 0 Å². The minimum Gasteiger partial charge on any atom is -0.316 e. The highest BCUT2D eigenvalue weighted by Gasteiger charge is 1.97. The second-order valence-electron chi connectivity index (χ2n) is 2.46. The van der Waals surface area contributed by atoms with Crippen LogP contribution in [0.4, 0.5) is 0 Å². The summed E-state index contributed by atoms with van der Waals surface area (Å²) < 4.78 is 1.06. The van der Waals surface area contributed by atoms with Gasteiger partial charge in [0.05, 0.1) is 0 Å². The Balaban J connectivity index is 2.90. The van der Waals surface area contributed by atoms with E-state index in [0.717, 1.165) is 10.2 Å². The zero-order chi connectivity index (χ0) is 8.27. The zero-order valence-electron chi connectivity index (χ0n) is 6.69. The summed E-state index contributed by atoms with van der Waals surface area (Å²) in [7, 11) is 1.94. The van der Waals surface area contributed by atoms with Crippen LogP contribution in [0.1, 0.15) is 11.1 Å². The Morgan fingerprint density at radius 1 is 1.64 bits per heavy atom. The molecule has 0 aliphatic carbocycles. The van der Waals surface area contributed by atoms with Crippen molar-refractivity contribution in [3.05, 3.63) is 27.1 Å². The molecule has 0 saturated heterocycles.